The lowest BCUT2D eigenvalue weighted by Crippen LogP contribution is -2.18. The van der Waals surface area contributed by atoms with Gasteiger partial charge in [0.15, 0.2) is 0 Å². The largest absolute Gasteiger partial charge is 0.459 e. The Morgan fingerprint density at radius 3 is 1.77 bits per heavy atom. The number of ether oxygens (including phenoxy) is 2. The summed E-state index contributed by atoms with van der Waals surface area (Å²) in [6, 6.07) is 6.96. The first-order valence-corrected chi connectivity index (χ1v) is 11.5. The lowest BCUT2D eigenvalue weighted by atomic mass is 10.1. The van der Waals surface area contributed by atoms with Crippen LogP contribution in [0.4, 0.5) is 5.69 Å². The van der Waals surface area contributed by atoms with Crippen molar-refractivity contribution >= 4 is 39.3 Å². The summed E-state index contributed by atoms with van der Waals surface area (Å²) in [5, 5.41) is 0.452. The molecule has 0 radical (unpaired) electrons. The highest BCUT2D eigenvalue weighted by Gasteiger charge is 2.22. The van der Waals surface area contributed by atoms with Gasteiger partial charge in [-0.2, -0.15) is 0 Å². The van der Waals surface area contributed by atoms with Crippen LogP contribution in [0.3, 0.4) is 0 Å². The Labute approximate surface area is 187 Å². The number of aryl methyl sites for hydroxylation is 2. The molecule has 168 valence electrons. The van der Waals surface area contributed by atoms with E-state index in [0.717, 1.165) is 0 Å². The van der Waals surface area contributed by atoms with E-state index in [2.05, 4.69) is 4.72 Å². The van der Waals surface area contributed by atoms with Crippen LogP contribution in [-0.4, -0.2) is 32.6 Å². The monoisotopic (exact) mass is 467 g/mol. The first-order valence-electron chi connectivity index (χ1n) is 9.66. The molecule has 0 bridgehead atoms. The average molecular weight is 468 g/mol. The average Bonchev–Trinajstić information content (AvgIpc) is 2.62. The van der Waals surface area contributed by atoms with Crippen LogP contribution in [0.15, 0.2) is 35.2 Å². The summed E-state index contributed by atoms with van der Waals surface area (Å²) < 4.78 is 38.8. The van der Waals surface area contributed by atoms with Crippen molar-refractivity contribution in [3.8, 4) is 0 Å². The van der Waals surface area contributed by atoms with E-state index in [1.165, 1.54) is 24.3 Å². The molecular formula is C22H26ClNO6S. The summed E-state index contributed by atoms with van der Waals surface area (Å²) in [5.41, 5.74) is 1.13. The normalized spacial score (nSPS) is 11.5. The van der Waals surface area contributed by atoms with E-state index in [4.69, 9.17) is 21.1 Å². The molecule has 2 rings (SSSR count). The zero-order chi connectivity index (χ0) is 23.5. The number of anilines is 1. The second-order valence-corrected chi connectivity index (χ2v) is 9.74. The number of sulfonamides is 1. The van der Waals surface area contributed by atoms with Gasteiger partial charge in [-0.15, -0.1) is 0 Å². The van der Waals surface area contributed by atoms with Crippen LogP contribution in [0.5, 0.6) is 0 Å². The number of carbonyl (C=O) groups excluding carboxylic acids is 2. The summed E-state index contributed by atoms with van der Waals surface area (Å²) in [6.07, 6.45) is -0.780. The van der Waals surface area contributed by atoms with Gasteiger partial charge in [0.05, 0.1) is 33.9 Å². The molecule has 0 aliphatic heterocycles. The van der Waals surface area contributed by atoms with Crippen molar-refractivity contribution < 1.29 is 27.5 Å². The Balaban J connectivity index is 2.52. The molecule has 0 atom stereocenters. The predicted octanol–water partition coefficient (Wildman–Crippen LogP) is 4.89. The Morgan fingerprint density at radius 2 is 1.32 bits per heavy atom. The standard InChI is InChI=1S/C22H26ClNO6S/c1-12(2)29-21(25)16-9-17(22(26)30-13(3)4)11-18(10-16)24-31(27,28)20-8-14(5)19(23)7-15(20)6/h7-13,24H,1-6H3. The number of benzene rings is 2. The zero-order valence-corrected chi connectivity index (χ0v) is 19.8. The van der Waals surface area contributed by atoms with Crippen molar-refractivity contribution in [1.29, 1.82) is 0 Å². The third-order valence-corrected chi connectivity index (χ3v) is 6.02. The molecule has 9 heteroatoms. The van der Waals surface area contributed by atoms with Gasteiger partial charge in [-0.05, 0) is 83.0 Å². The van der Waals surface area contributed by atoms with Gasteiger partial charge in [0.2, 0.25) is 0 Å². The lowest BCUT2D eigenvalue weighted by Gasteiger charge is -2.15. The molecule has 0 spiro atoms. The number of halogens is 1. The molecule has 31 heavy (non-hydrogen) atoms. The van der Waals surface area contributed by atoms with Gasteiger partial charge in [-0.3, -0.25) is 4.72 Å². The summed E-state index contributed by atoms with van der Waals surface area (Å²) in [4.78, 5) is 24.9. The van der Waals surface area contributed by atoms with Crippen LogP contribution in [0, 0.1) is 13.8 Å². The van der Waals surface area contributed by atoms with E-state index in [1.807, 2.05) is 0 Å². The van der Waals surface area contributed by atoms with Crippen molar-refractivity contribution in [2.45, 2.75) is 58.6 Å². The maximum absolute atomic E-state index is 13.0. The molecule has 0 saturated heterocycles. The smallest absolute Gasteiger partial charge is 0.338 e. The van der Waals surface area contributed by atoms with E-state index in [1.54, 1.807) is 47.6 Å². The van der Waals surface area contributed by atoms with Gasteiger partial charge in [0, 0.05) is 5.02 Å². The van der Waals surface area contributed by atoms with E-state index in [9.17, 15) is 18.0 Å². The van der Waals surface area contributed by atoms with Gasteiger partial charge in [0.25, 0.3) is 10.0 Å². The van der Waals surface area contributed by atoms with Crippen molar-refractivity contribution in [2.75, 3.05) is 4.72 Å². The second kappa shape index (κ2) is 9.70. The van der Waals surface area contributed by atoms with Crippen molar-refractivity contribution in [3.05, 3.63) is 57.6 Å². The number of hydrogen-bond acceptors (Lipinski definition) is 6. The van der Waals surface area contributed by atoms with Gasteiger partial charge < -0.3 is 9.47 Å². The molecule has 0 fully saturated rings. The zero-order valence-electron chi connectivity index (χ0n) is 18.3. The molecule has 7 nitrogen and oxygen atoms in total. The van der Waals surface area contributed by atoms with E-state index < -0.39 is 34.2 Å². The fourth-order valence-electron chi connectivity index (χ4n) is 2.74. The minimum Gasteiger partial charge on any atom is -0.459 e. The fourth-order valence-corrected chi connectivity index (χ4v) is 4.31. The Kier molecular flexibility index (Phi) is 7.72. The Bertz CT molecular complexity index is 1070. The number of hydrogen-bond donors (Lipinski definition) is 1. The van der Waals surface area contributed by atoms with Crippen LogP contribution < -0.4 is 4.72 Å². The van der Waals surface area contributed by atoms with Gasteiger partial charge >= 0.3 is 11.9 Å². The van der Waals surface area contributed by atoms with Crippen molar-refractivity contribution in [3.63, 3.8) is 0 Å². The topological polar surface area (TPSA) is 98.8 Å². The minimum atomic E-state index is -4.03. The highest BCUT2D eigenvalue weighted by molar-refractivity contribution is 7.92. The first-order chi connectivity index (χ1) is 14.3. The van der Waals surface area contributed by atoms with Crippen molar-refractivity contribution in [1.82, 2.24) is 0 Å². The van der Waals surface area contributed by atoms with E-state index in [0.29, 0.717) is 16.1 Å². The van der Waals surface area contributed by atoms with Crippen LogP contribution in [-0.2, 0) is 19.5 Å². The second-order valence-electron chi connectivity index (χ2n) is 7.68. The van der Waals surface area contributed by atoms with E-state index in [-0.39, 0.29) is 21.7 Å². The van der Waals surface area contributed by atoms with Crippen molar-refractivity contribution in [2.24, 2.45) is 0 Å². The number of rotatable bonds is 7. The summed E-state index contributed by atoms with van der Waals surface area (Å²) in [5.74, 6) is -1.37. The first kappa shape index (κ1) is 24.7. The molecule has 0 aliphatic rings. The fraction of sp³-hybridized carbons (Fsp3) is 0.364. The van der Waals surface area contributed by atoms with E-state index >= 15 is 0 Å². The molecule has 2 aromatic rings. The molecule has 0 saturated carbocycles. The van der Waals surface area contributed by atoms with Gasteiger partial charge in [-0.25, -0.2) is 18.0 Å². The molecular weight excluding hydrogens is 442 g/mol. The maximum Gasteiger partial charge on any atom is 0.338 e. The third kappa shape index (κ3) is 6.45. The minimum absolute atomic E-state index is 0.0219. The van der Waals surface area contributed by atoms with Crippen LogP contribution in [0.1, 0.15) is 59.5 Å². The number of carbonyl (C=O) groups is 2. The molecule has 1 N–H and O–H groups in total. The number of esters is 2. The highest BCUT2D eigenvalue weighted by atomic mass is 35.5. The summed E-state index contributed by atoms with van der Waals surface area (Å²) in [6.45, 7) is 10.1. The third-order valence-electron chi connectivity index (χ3n) is 4.09. The molecule has 2 aromatic carbocycles. The van der Waals surface area contributed by atoms with Crippen LogP contribution in [0.25, 0.3) is 0 Å². The van der Waals surface area contributed by atoms with Gasteiger partial charge in [-0.1, -0.05) is 11.6 Å². The van der Waals surface area contributed by atoms with Crippen LogP contribution >= 0.6 is 11.6 Å². The molecule has 0 aromatic heterocycles. The van der Waals surface area contributed by atoms with Gasteiger partial charge in [0.1, 0.15) is 0 Å². The molecule has 0 heterocycles. The van der Waals surface area contributed by atoms with Crippen LogP contribution in [0.2, 0.25) is 5.02 Å². The lowest BCUT2D eigenvalue weighted by molar-refractivity contribution is 0.0377. The number of nitrogens with one attached hydrogen (secondary N) is 1. The molecule has 0 unspecified atom stereocenters. The summed E-state index contributed by atoms with van der Waals surface area (Å²) in [7, 11) is -4.03. The SMILES string of the molecule is Cc1cc(S(=O)(=O)Nc2cc(C(=O)OC(C)C)cc(C(=O)OC(C)C)c2)c(C)cc1Cl. The quantitative estimate of drug-likeness (QED) is 0.582. The Morgan fingerprint density at radius 1 is 0.839 bits per heavy atom. The molecule has 0 aliphatic carbocycles. The summed E-state index contributed by atoms with van der Waals surface area (Å²) >= 11 is 6.07. The highest BCUT2D eigenvalue weighted by Crippen LogP contribution is 2.27. The maximum atomic E-state index is 13.0. The Hall–Kier alpha value is -2.58. The predicted molar refractivity (Wildman–Crippen MR) is 119 cm³/mol. The molecule has 0 amide bonds.